The monoisotopic (exact) mass is 492 g/mol. The van der Waals surface area contributed by atoms with Gasteiger partial charge in [0.1, 0.15) is 35.6 Å². The summed E-state index contributed by atoms with van der Waals surface area (Å²) in [5, 5.41) is 28.3. The molecule has 3 N–H and O–H groups in total. The number of hydrogen-bond acceptors (Lipinski definition) is 9. The van der Waals surface area contributed by atoms with Crippen LogP contribution >= 0.6 is 0 Å². The SMILES string of the molecule is O=C(OC1CC(OC(=O)c2ccc(O)cc2)CC(OC(=O)c2ccc(O)cc2)C1)c1ccc(O)cc1. The van der Waals surface area contributed by atoms with Gasteiger partial charge in [-0.25, -0.2) is 14.4 Å². The molecule has 3 aromatic carbocycles. The van der Waals surface area contributed by atoms with Crippen LogP contribution in [-0.2, 0) is 14.2 Å². The Hall–Kier alpha value is -4.53. The molecule has 186 valence electrons. The normalized spacial score (nSPS) is 19.2. The zero-order valence-corrected chi connectivity index (χ0v) is 19.1. The van der Waals surface area contributed by atoms with Crippen molar-refractivity contribution in [2.75, 3.05) is 0 Å². The summed E-state index contributed by atoms with van der Waals surface area (Å²) in [6.45, 7) is 0. The highest BCUT2D eigenvalue weighted by molar-refractivity contribution is 5.91. The maximum atomic E-state index is 12.6. The lowest BCUT2D eigenvalue weighted by molar-refractivity contribution is -0.0587. The van der Waals surface area contributed by atoms with Crippen molar-refractivity contribution in [2.45, 2.75) is 37.6 Å². The second-order valence-electron chi connectivity index (χ2n) is 8.43. The highest BCUT2D eigenvalue weighted by atomic mass is 16.6. The third-order valence-electron chi connectivity index (χ3n) is 5.71. The Morgan fingerprint density at radius 1 is 0.472 bits per heavy atom. The smallest absolute Gasteiger partial charge is 0.338 e. The molecule has 0 aromatic heterocycles. The number of ether oxygens (including phenoxy) is 3. The maximum Gasteiger partial charge on any atom is 0.338 e. The number of esters is 3. The van der Waals surface area contributed by atoms with Crippen molar-refractivity contribution < 1.29 is 43.9 Å². The first-order chi connectivity index (χ1) is 17.3. The van der Waals surface area contributed by atoms with Crippen molar-refractivity contribution in [2.24, 2.45) is 0 Å². The fourth-order valence-corrected chi connectivity index (χ4v) is 3.91. The predicted molar refractivity (Wildman–Crippen MR) is 126 cm³/mol. The molecule has 4 rings (SSSR count). The molecule has 0 bridgehead atoms. The van der Waals surface area contributed by atoms with Gasteiger partial charge >= 0.3 is 17.9 Å². The van der Waals surface area contributed by atoms with Gasteiger partial charge in [-0.05, 0) is 72.8 Å². The summed E-state index contributed by atoms with van der Waals surface area (Å²) in [6, 6.07) is 16.7. The summed E-state index contributed by atoms with van der Waals surface area (Å²) in [7, 11) is 0. The van der Waals surface area contributed by atoms with Crippen LogP contribution in [0.1, 0.15) is 50.3 Å². The largest absolute Gasteiger partial charge is 0.508 e. The number of aromatic hydroxyl groups is 3. The molecule has 9 heteroatoms. The number of phenolic OH excluding ortho intramolecular Hbond substituents is 3. The summed E-state index contributed by atoms with van der Waals surface area (Å²) in [6.07, 6.45) is -1.55. The van der Waals surface area contributed by atoms with E-state index in [4.69, 9.17) is 14.2 Å². The Kier molecular flexibility index (Phi) is 7.39. The van der Waals surface area contributed by atoms with Crippen molar-refractivity contribution in [1.29, 1.82) is 0 Å². The first kappa shape index (κ1) is 24.6. The first-order valence-electron chi connectivity index (χ1n) is 11.3. The molecule has 0 atom stereocenters. The second kappa shape index (κ2) is 10.8. The Labute approximate surface area is 206 Å². The number of benzene rings is 3. The van der Waals surface area contributed by atoms with E-state index >= 15 is 0 Å². The summed E-state index contributed by atoms with van der Waals surface area (Å²) in [5.74, 6) is -1.87. The molecule has 0 aliphatic heterocycles. The van der Waals surface area contributed by atoms with Crippen LogP contribution in [0.15, 0.2) is 72.8 Å². The second-order valence-corrected chi connectivity index (χ2v) is 8.43. The van der Waals surface area contributed by atoms with Crippen LogP contribution in [0.2, 0.25) is 0 Å². The van der Waals surface area contributed by atoms with Gasteiger partial charge in [0.2, 0.25) is 0 Å². The number of carbonyl (C=O) groups is 3. The van der Waals surface area contributed by atoms with Gasteiger partial charge in [-0.15, -0.1) is 0 Å². The van der Waals surface area contributed by atoms with E-state index in [2.05, 4.69) is 0 Å². The molecular formula is C27H24O9. The maximum absolute atomic E-state index is 12.6. The van der Waals surface area contributed by atoms with Crippen LogP contribution < -0.4 is 0 Å². The number of phenols is 3. The van der Waals surface area contributed by atoms with E-state index in [1.54, 1.807) is 0 Å². The molecular weight excluding hydrogens is 468 g/mol. The summed E-state index contributed by atoms with van der Waals surface area (Å²) >= 11 is 0. The molecule has 9 nitrogen and oxygen atoms in total. The lowest BCUT2D eigenvalue weighted by Crippen LogP contribution is -2.40. The van der Waals surface area contributed by atoms with Gasteiger partial charge in [-0.3, -0.25) is 0 Å². The van der Waals surface area contributed by atoms with E-state index < -0.39 is 36.2 Å². The molecule has 0 spiro atoms. The van der Waals surface area contributed by atoms with E-state index in [1.165, 1.54) is 72.8 Å². The van der Waals surface area contributed by atoms with Crippen LogP contribution in [0.3, 0.4) is 0 Å². The van der Waals surface area contributed by atoms with Gasteiger partial charge in [0, 0.05) is 19.3 Å². The zero-order chi connectivity index (χ0) is 25.7. The van der Waals surface area contributed by atoms with Crippen LogP contribution in [0.25, 0.3) is 0 Å². The molecule has 1 aliphatic rings. The zero-order valence-electron chi connectivity index (χ0n) is 19.1. The minimum atomic E-state index is -0.713. The fraction of sp³-hybridized carbons (Fsp3) is 0.222. The minimum Gasteiger partial charge on any atom is -0.508 e. The van der Waals surface area contributed by atoms with E-state index in [9.17, 15) is 29.7 Å². The Bertz CT molecular complexity index is 1060. The summed E-state index contributed by atoms with van der Waals surface area (Å²) < 4.78 is 16.8. The van der Waals surface area contributed by atoms with Crippen LogP contribution in [0.5, 0.6) is 17.2 Å². The van der Waals surface area contributed by atoms with Crippen LogP contribution in [-0.4, -0.2) is 51.5 Å². The molecule has 0 saturated heterocycles. The highest BCUT2D eigenvalue weighted by Crippen LogP contribution is 2.29. The molecule has 36 heavy (non-hydrogen) atoms. The van der Waals surface area contributed by atoms with Gasteiger partial charge in [-0.1, -0.05) is 0 Å². The summed E-state index contributed by atoms with van der Waals surface area (Å²) in [4.78, 5) is 37.9. The molecule has 0 radical (unpaired) electrons. The number of rotatable bonds is 6. The Morgan fingerprint density at radius 3 is 0.917 bits per heavy atom. The van der Waals surface area contributed by atoms with Crippen molar-refractivity contribution in [3.8, 4) is 17.2 Å². The number of hydrogen-bond donors (Lipinski definition) is 3. The van der Waals surface area contributed by atoms with Gasteiger partial charge in [0.25, 0.3) is 0 Å². The van der Waals surface area contributed by atoms with Gasteiger partial charge in [0.15, 0.2) is 0 Å². The molecule has 1 fully saturated rings. The Morgan fingerprint density at radius 2 is 0.694 bits per heavy atom. The predicted octanol–water partition coefficient (Wildman–Crippen LogP) is 3.96. The standard InChI is InChI=1S/C27H24O9/c28-19-7-1-16(2-8-19)25(31)34-22-13-23(35-26(32)17-3-9-20(29)10-4-17)15-24(14-22)36-27(33)18-5-11-21(30)12-6-18/h1-12,22-24,28-30H,13-15H2. The van der Waals surface area contributed by atoms with Gasteiger partial charge in [-0.2, -0.15) is 0 Å². The van der Waals surface area contributed by atoms with E-state index in [0.29, 0.717) is 0 Å². The van der Waals surface area contributed by atoms with E-state index in [1.807, 2.05) is 0 Å². The minimum absolute atomic E-state index is 0.00614. The number of carbonyl (C=O) groups excluding carboxylic acids is 3. The summed E-state index contributed by atoms with van der Waals surface area (Å²) in [5.41, 5.74) is 0.691. The highest BCUT2D eigenvalue weighted by Gasteiger charge is 2.36. The third kappa shape index (κ3) is 6.32. The quantitative estimate of drug-likeness (QED) is 0.344. The molecule has 0 amide bonds. The first-order valence-corrected chi connectivity index (χ1v) is 11.3. The molecule has 1 saturated carbocycles. The van der Waals surface area contributed by atoms with Crippen molar-refractivity contribution in [3.05, 3.63) is 89.5 Å². The van der Waals surface area contributed by atoms with E-state index in [0.717, 1.165) is 0 Å². The van der Waals surface area contributed by atoms with Crippen molar-refractivity contribution in [3.63, 3.8) is 0 Å². The lowest BCUT2D eigenvalue weighted by Gasteiger charge is -2.33. The van der Waals surface area contributed by atoms with Gasteiger partial charge < -0.3 is 29.5 Å². The topological polar surface area (TPSA) is 140 Å². The Balaban J connectivity index is 1.47. The average Bonchev–Trinajstić information content (AvgIpc) is 2.85. The van der Waals surface area contributed by atoms with Crippen molar-refractivity contribution in [1.82, 2.24) is 0 Å². The molecule has 3 aromatic rings. The third-order valence-corrected chi connectivity index (χ3v) is 5.71. The average molecular weight is 492 g/mol. The van der Waals surface area contributed by atoms with Gasteiger partial charge in [0.05, 0.1) is 16.7 Å². The molecule has 1 aliphatic carbocycles. The van der Waals surface area contributed by atoms with Crippen LogP contribution in [0, 0.1) is 0 Å². The van der Waals surface area contributed by atoms with E-state index in [-0.39, 0.29) is 53.2 Å². The van der Waals surface area contributed by atoms with Crippen molar-refractivity contribution >= 4 is 17.9 Å². The molecule has 0 heterocycles. The fourth-order valence-electron chi connectivity index (χ4n) is 3.91. The molecule has 0 unspecified atom stereocenters. The van der Waals surface area contributed by atoms with Crippen LogP contribution in [0.4, 0.5) is 0 Å². The lowest BCUT2D eigenvalue weighted by atomic mass is 9.92.